The van der Waals surface area contributed by atoms with Crippen LogP contribution in [-0.2, 0) is 17.9 Å². The summed E-state index contributed by atoms with van der Waals surface area (Å²) in [4.78, 5) is 18.0. The summed E-state index contributed by atoms with van der Waals surface area (Å²) in [6, 6.07) is 6.71. The number of rotatable bonds is 5. The van der Waals surface area contributed by atoms with Crippen LogP contribution in [0.5, 0.6) is 0 Å². The topological polar surface area (TPSA) is 38.1 Å². The van der Waals surface area contributed by atoms with Crippen LogP contribution in [0.3, 0.4) is 0 Å². The minimum absolute atomic E-state index is 0.176. The highest BCUT2D eigenvalue weighted by atomic mass is 19.1. The molecule has 0 bridgehead atoms. The molecule has 1 heterocycles. The molecule has 1 amide bonds. The second-order valence-corrected chi connectivity index (χ2v) is 5.53. The van der Waals surface area contributed by atoms with E-state index in [9.17, 15) is 9.18 Å². The summed E-state index contributed by atoms with van der Waals surface area (Å²) in [5, 5.41) is 0. The third-order valence-corrected chi connectivity index (χ3v) is 3.78. The van der Waals surface area contributed by atoms with E-state index in [0.717, 1.165) is 18.7 Å². The van der Waals surface area contributed by atoms with Gasteiger partial charge in [-0.05, 0) is 18.9 Å². The van der Waals surface area contributed by atoms with Gasteiger partial charge in [-0.2, -0.15) is 0 Å². The molecule has 5 heteroatoms. The van der Waals surface area contributed by atoms with Crippen molar-refractivity contribution in [2.45, 2.75) is 25.9 Å². The molecule has 3 rings (SSSR count). The second-order valence-electron chi connectivity index (χ2n) is 5.53. The second kappa shape index (κ2) is 5.68. The van der Waals surface area contributed by atoms with E-state index in [-0.39, 0.29) is 17.6 Å². The molecule has 2 aromatic rings. The highest BCUT2D eigenvalue weighted by Crippen LogP contribution is 2.30. The minimum Gasteiger partial charge on any atom is -0.338 e. The van der Waals surface area contributed by atoms with E-state index in [1.807, 2.05) is 16.8 Å². The van der Waals surface area contributed by atoms with Gasteiger partial charge in [0.2, 0.25) is 5.91 Å². The van der Waals surface area contributed by atoms with Crippen molar-refractivity contribution in [1.82, 2.24) is 14.5 Å². The monoisotopic (exact) mass is 287 g/mol. The first-order valence-corrected chi connectivity index (χ1v) is 7.13. The molecule has 0 saturated heterocycles. The summed E-state index contributed by atoms with van der Waals surface area (Å²) in [6.45, 7) is 0.879. The minimum atomic E-state index is -0.223. The third-order valence-electron chi connectivity index (χ3n) is 3.78. The van der Waals surface area contributed by atoms with E-state index in [4.69, 9.17) is 0 Å². The Bertz CT molecular complexity index is 648. The van der Waals surface area contributed by atoms with Crippen LogP contribution in [0.25, 0.3) is 0 Å². The van der Waals surface area contributed by atoms with Crippen LogP contribution in [-0.4, -0.2) is 27.4 Å². The van der Waals surface area contributed by atoms with Gasteiger partial charge in [-0.1, -0.05) is 18.2 Å². The van der Waals surface area contributed by atoms with E-state index in [1.165, 1.54) is 6.07 Å². The first-order chi connectivity index (χ1) is 10.1. The molecule has 0 unspecified atom stereocenters. The Morgan fingerprint density at radius 1 is 1.43 bits per heavy atom. The Labute approximate surface area is 123 Å². The molecule has 1 aromatic carbocycles. The fraction of sp³-hybridized carbons (Fsp3) is 0.375. The smallest absolute Gasteiger partial charge is 0.225 e. The quantitative estimate of drug-likeness (QED) is 0.847. The Kier molecular flexibility index (Phi) is 3.73. The van der Waals surface area contributed by atoms with E-state index in [0.29, 0.717) is 18.7 Å². The van der Waals surface area contributed by atoms with Gasteiger partial charge in [0.05, 0.1) is 13.1 Å². The van der Waals surface area contributed by atoms with Crippen LogP contribution in [0, 0.1) is 11.7 Å². The number of benzene rings is 1. The van der Waals surface area contributed by atoms with Gasteiger partial charge in [0.25, 0.3) is 0 Å². The van der Waals surface area contributed by atoms with E-state index in [1.54, 1.807) is 30.3 Å². The van der Waals surface area contributed by atoms with Crippen molar-refractivity contribution >= 4 is 5.91 Å². The molecule has 0 radical (unpaired) electrons. The predicted molar refractivity (Wildman–Crippen MR) is 76.9 cm³/mol. The molecular weight excluding hydrogens is 269 g/mol. The zero-order chi connectivity index (χ0) is 14.8. The number of aromatic nitrogens is 2. The molecule has 1 fully saturated rings. The van der Waals surface area contributed by atoms with Crippen LogP contribution in [0.1, 0.15) is 24.2 Å². The van der Waals surface area contributed by atoms with Gasteiger partial charge < -0.3 is 9.47 Å². The third kappa shape index (κ3) is 3.12. The summed E-state index contributed by atoms with van der Waals surface area (Å²) < 4.78 is 15.6. The van der Waals surface area contributed by atoms with Gasteiger partial charge in [-0.15, -0.1) is 0 Å². The summed E-state index contributed by atoms with van der Waals surface area (Å²) in [6.07, 6.45) is 5.49. The zero-order valence-electron chi connectivity index (χ0n) is 12.0. The van der Waals surface area contributed by atoms with Crippen LogP contribution in [0.15, 0.2) is 36.7 Å². The van der Waals surface area contributed by atoms with Gasteiger partial charge in [-0.3, -0.25) is 4.79 Å². The first-order valence-electron chi connectivity index (χ1n) is 7.13. The van der Waals surface area contributed by atoms with E-state index >= 15 is 0 Å². The van der Waals surface area contributed by atoms with Gasteiger partial charge in [0, 0.05) is 30.9 Å². The lowest BCUT2D eigenvalue weighted by Gasteiger charge is -2.17. The summed E-state index contributed by atoms with van der Waals surface area (Å²) in [5.74, 6) is 0.926. The number of imidazole rings is 1. The molecule has 21 heavy (non-hydrogen) atoms. The molecule has 4 nitrogen and oxygen atoms in total. The fourth-order valence-corrected chi connectivity index (χ4v) is 2.38. The van der Waals surface area contributed by atoms with Crippen molar-refractivity contribution in [2.24, 2.45) is 5.92 Å². The van der Waals surface area contributed by atoms with Crippen LogP contribution in [0.2, 0.25) is 0 Å². The first kappa shape index (κ1) is 13.8. The lowest BCUT2D eigenvalue weighted by atomic mass is 10.2. The average molecular weight is 287 g/mol. The molecule has 0 spiro atoms. The SMILES string of the molecule is CN(Cc1nccn1Cc1ccccc1F)C(=O)C1CC1. The number of halogens is 1. The summed E-state index contributed by atoms with van der Waals surface area (Å²) in [7, 11) is 1.79. The summed E-state index contributed by atoms with van der Waals surface area (Å²) in [5.41, 5.74) is 0.618. The zero-order valence-corrected chi connectivity index (χ0v) is 12.0. The summed E-state index contributed by atoms with van der Waals surface area (Å²) >= 11 is 0. The normalized spacial score (nSPS) is 14.2. The van der Waals surface area contributed by atoms with Crippen molar-refractivity contribution in [3.05, 3.63) is 53.9 Å². The average Bonchev–Trinajstić information content (AvgIpc) is 3.24. The van der Waals surface area contributed by atoms with Gasteiger partial charge in [-0.25, -0.2) is 9.37 Å². The Morgan fingerprint density at radius 3 is 2.90 bits per heavy atom. The van der Waals surface area contributed by atoms with Crippen molar-refractivity contribution in [3.8, 4) is 0 Å². The number of carbonyl (C=O) groups excluding carboxylic acids is 1. The fourth-order valence-electron chi connectivity index (χ4n) is 2.38. The molecule has 1 aromatic heterocycles. The highest BCUT2D eigenvalue weighted by Gasteiger charge is 2.32. The molecule has 1 aliphatic rings. The van der Waals surface area contributed by atoms with Crippen molar-refractivity contribution in [2.75, 3.05) is 7.05 Å². The van der Waals surface area contributed by atoms with Gasteiger partial charge in [0.15, 0.2) is 0 Å². The Morgan fingerprint density at radius 2 is 2.19 bits per heavy atom. The van der Waals surface area contributed by atoms with Crippen molar-refractivity contribution in [1.29, 1.82) is 0 Å². The lowest BCUT2D eigenvalue weighted by Crippen LogP contribution is -2.29. The molecule has 0 aliphatic heterocycles. The van der Waals surface area contributed by atoms with E-state index < -0.39 is 0 Å². The lowest BCUT2D eigenvalue weighted by molar-refractivity contribution is -0.131. The molecular formula is C16H18FN3O. The maximum Gasteiger partial charge on any atom is 0.225 e. The van der Waals surface area contributed by atoms with Crippen LogP contribution >= 0.6 is 0 Å². The molecule has 0 atom stereocenters. The maximum atomic E-state index is 13.7. The number of carbonyl (C=O) groups is 1. The number of amides is 1. The predicted octanol–water partition coefficient (Wildman–Crippen LogP) is 2.44. The maximum absolute atomic E-state index is 13.7. The van der Waals surface area contributed by atoms with Crippen molar-refractivity contribution < 1.29 is 9.18 Å². The van der Waals surface area contributed by atoms with E-state index in [2.05, 4.69) is 4.98 Å². The molecule has 0 N–H and O–H groups in total. The standard InChI is InChI=1S/C16H18FN3O/c1-19(16(21)12-6-7-12)11-15-18-8-9-20(15)10-13-4-2-3-5-14(13)17/h2-5,8-9,12H,6-7,10-11H2,1H3. The Balaban J connectivity index is 1.72. The highest BCUT2D eigenvalue weighted by molar-refractivity contribution is 5.80. The largest absolute Gasteiger partial charge is 0.338 e. The number of hydrogen-bond acceptors (Lipinski definition) is 2. The molecule has 1 saturated carbocycles. The van der Waals surface area contributed by atoms with Crippen molar-refractivity contribution in [3.63, 3.8) is 0 Å². The van der Waals surface area contributed by atoms with Gasteiger partial charge >= 0.3 is 0 Å². The molecule has 110 valence electrons. The molecule has 1 aliphatic carbocycles. The number of hydrogen-bond donors (Lipinski definition) is 0. The van der Waals surface area contributed by atoms with Crippen LogP contribution in [0.4, 0.5) is 4.39 Å². The van der Waals surface area contributed by atoms with Gasteiger partial charge in [0.1, 0.15) is 11.6 Å². The Hall–Kier alpha value is -2.17. The number of nitrogens with zero attached hydrogens (tertiary/aromatic N) is 3. The van der Waals surface area contributed by atoms with Crippen LogP contribution < -0.4 is 0 Å².